The average molecular weight is 390 g/mol. The van der Waals surface area contributed by atoms with Crippen LogP contribution in [0.4, 0.5) is 10.8 Å². The summed E-state index contributed by atoms with van der Waals surface area (Å²) in [5, 5.41) is 3.26. The number of rotatable bonds is 5. The molecule has 0 bridgehead atoms. The molecule has 1 heterocycles. The average Bonchev–Trinajstić information content (AvgIpc) is 2.96. The molecule has 1 aromatic heterocycles. The minimum absolute atomic E-state index is 0.107. The molecule has 0 saturated heterocycles. The number of nitrogens with one attached hydrogen (secondary N) is 2. The normalized spacial score (nSPS) is 11.7. The largest absolute Gasteiger partial charge is 0.302 e. The number of fused-ring (bicyclic) bond motifs is 1. The smallest absolute Gasteiger partial charge is 0.262 e. The van der Waals surface area contributed by atoms with Crippen molar-refractivity contribution in [1.29, 1.82) is 0 Å². The summed E-state index contributed by atoms with van der Waals surface area (Å²) in [5.74, 6) is -0.247. The van der Waals surface area contributed by atoms with Crippen molar-refractivity contribution in [2.24, 2.45) is 5.92 Å². The van der Waals surface area contributed by atoms with E-state index < -0.39 is 10.0 Å². The summed E-state index contributed by atoms with van der Waals surface area (Å²) >= 11 is 1.35. The quantitative estimate of drug-likeness (QED) is 0.690. The van der Waals surface area contributed by atoms with Crippen LogP contribution in [-0.4, -0.2) is 19.3 Å². The van der Waals surface area contributed by atoms with Gasteiger partial charge in [0.25, 0.3) is 10.0 Å². The summed E-state index contributed by atoms with van der Waals surface area (Å²) < 4.78 is 28.6. The first-order chi connectivity index (χ1) is 12.3. The molecule has 3 rings (SSSR count). The van der Waals surface area contributed by atoms with Crippen molar-refractivity contribution in [2.75, 3.05) is 10.0 Å². The second-order valence-corrected chi connectivity index (χ2v) is 8.90. The number of aryl methyl sites for hydroxylation is 1. The molecular weight excluding hydrogens is 370 g/mol. The second-order valence-electron chi connectivity index (χ2n) is 6.22. The van der Waals surface area contributed by atoms with Gasteiger partial charge in [0.15, 0.2) is 5.13 Å². The van der Waals surface area contributed by atoms with Gasteiger partial charge in [0.1, 0.15) is 0 Å². The topological polar surface area (TPSA) is 88.2 Å². The molecule has 0 aliphatic carbocycles. The summed E-state index contributed by atoms with van der Waals surface area (Å²) in [6.07, 6.45) is 0. The zero-order valence-corrected chi connectivity index (χ0v) is 16.2. The van der Waals surface area contributed by atoms with Crippen molar-refractivity contribution >= 4 is 48.3 Å². The maximum Gasteiger partial charge on any atom is 0.262 e. The van der Waals surface area contributed by atoms with E-state index in [9.17, 15) is 13.2 Å². The van der Waals surface area contributed by atoms with E-state index in [0.29, 0.717) is 21.9 Å². The third-order valence-corrected chi connectivity index (χ3v) is 6.27. The van der Waals surface area contributed by atoms with E-state index in [1.54, 1.807) is 63.2 Å². The van der Waals surface area contributed by atoms with Gasteiger partial charge in [-0.2, -0.15) is 0 Å². The number of carbonyl (C=O) groups excluding carboxylic acids is 1. The van der Waals surface area contributed by atoms with Crippen LogP contribution in [0.5, 0.6) is 0 Å². The fourth-order valence-electron chi connectivity index (χ4n) is 2.36. The Morgan fingerprint density at radius 3 is 2.58 bits per heavy atom. The highest BCUT2D eigenvalue weighted by Crippen LogP contribution is 2.29. The van der Waals surface area contributed by atoms with Crippen LogP contribution in [0.25, 0.3) is 10.2 Å². The lowest BCUT2D eigenvalue weighted by atomic mass is 10.2. The number of sulfonamides is 1. The number of amides is 1. The third-order valence-electron chi connectivity index (χ3n) is 3.78. The monoisotopic (exact) mass is 389 g/mol. The Labute approximate surface area is 156 Å². The van der Waals surface area contributed by atoms with Gasteiger partial charge in [-0.05, 0) is 36.8 Å². The van der Waals surface area contributed by atoms with Crippen LogP contribution < -0.4 is 10.0 Å². The molecule has 0 aliphatic heterocycles. The van der Waals surface area contributed by atoms with Gasteiger partial charge in [0, 0.05) is 5.92 Å². The predicted molar refractivity (Wildman–Crippen MR) is 105 cm³/mol. The van der Waals surface area contributed by atoms with Crippen LogP contribution in [0, 0.1) is 12.8 Å². The lowest BCUT2D eigenvalue weighted by Crippen LogP contribution is -2.17. The highest BCUT2D eigenvalue weighted by atomic mass is 32.2. The number of anilines is 2. The molecule has 0 fully saturated rings. The van der Waals surface area contributed by atoms with Crippen LogP contribution >= 0.6 is 11.3 Å². The van der Waals surface area contributed by atoms with E-state index in [-0.39, 0.29) is 16.7 Å². The van der Waals surface area contributed by atoms with Gasteiger partial charge in [0.05, 0.1) is 20.8 Å². The van der Waals surface area contributed by atoms with Crippen molar-refractivity contribution in [3.8, 4) is 0 Å². The Kier molecular flexibility index (Phi) is 4.97. The van der Waals surface area contributed by atoms with Crippen LogP contribution in [0.2, 0.25) is 0 Å². The minimum atomic E-state index is -3.68. The van der Waals surface area contributed by atoms with Crippen LogP contribution in [0.15, 0.2) is 47.4 Å². The van der Waals surface area contributed by atoms with Gasteiger partial charge in [-0.15, -0.1) is 0 Å². The second kappa shape index (κ2) is 7.05. The molecule has 0 radical (unpaired) electrons. The molecule has 6 nitrogen and oxygen atoms in total. The maximum absolute atomic E-state index is 12.6. The van der Waals surface area contributed by atoms with E-state index in [1.165, 1.54) is 11.3 Å². The molecule has 2 N–H and O–H groups in total. The zero-order chi connectivity index (χ0) is 18.9. The van der Waals surface area contributed by atoms with Crippen molar-refractivity contribution in [1.82, 2.24) is 4.98 Å². The Morgan fingerprint density at radius 2 is 1.88 bits per heavy atom. The van der Waals surface area contributed by atoms with Crippen molar-refractivity contribution in [2.45, 2.75) is 25.7 Å². The molecule has 0 saturated carbocycles. The van der Waals surface area contributed by atoms with E-state index in [2.05, 4.69) is 15.0 Å². The van der Waals surface area contributed by atoms with Gasteiger partial charge in [-0.3, -0.25) is 9.52 Å². The zero-order valence-electron chi connectivity index (χ0n) is 14.6. The van der Waals surface area contributed by atoms with Crippen molar-refractivity contribution in [3.63, 3.8) is 0 Å². The molecule has 0 unspecified atom stereocenters. The van der Waals surface area contributed by atoms with E-state index in [0.717, 1.165) is 4.70 Å². The standard InChI is InChI=1S/C18H19N3O3S2/c1-11(2)17(22)20-18-19-14-10-13(8-9-15(14)25-18)21-26(23,24)16-7-5-4-6-12(16)3/h4-11,21H,1-3H3,(H,19,20,22). The van der Waals surface area contributed by atoms with Crippen LogP contribution in [0.1, 0.15) is 19.4 Å². The first kappa shape index (κ1) is 18.3. The fourth-order valence-corrected chi connectivity index (χ4v) is 4.51. The van der Waals surface area contributed by atoms with Gasteiger partial charge < -0.3 is 5.32 Å². The number of benzene rings is 2. The Morgan fingerprint density at radius 1 is 1.15 bits per heavy atom. The number of thiazole rings is 1. The number of hydrogen-bond donors (Lipinski definition) is 2. The van der Waals surface area contributed by atoms with E-state index in [1.807, 2.05) is 0 Å². The van der Waals surface area contributed by atoms with Crippen LogP contribution in [-0.2, 0) is 14.8 Å². The molecule has 26 heavy (non-hydrogen) atoms. The molecule has 3 aromatic rings. The lowest BCUT2D eigenvalue weighted by Gasteiger charge is -2.10. The van der Waals surface area contributed by atoms with Crippen molar-refractivity contribution in [3.05, 3.63) is 48.0 Å². The maximum atomic E-state index is 12.6. The SMILES string of the molecule is Cc1ccccc1S(=O)(=O)Nc1ccc2sc(NC(=O)C(C)C)nc2c1. The van der Waals surface area contributed by atoms with Crippen LogP contribution in [0.3, 0.4) is 0 Å². The number of nitrogens with zero attached hydrogens (tertiary/aromatic N) is 1. The Bertz CT molecular complexity index is 1070. The highest BCUT2D eigenvalue weighted by Gasteiger charge is 2.17. The Balaban J connectivity index is 1.87. The summed E-state index contributed by atoms with van der Waals surface area (Å²) in [6, 6.07) is 11.9. The molecule has 0 aliphatic rings. The van der Waals surface area contributed by atoms with Gasteiger partial charge >= 0.3 is 0 Å². The number of carbonyl (C=O) groups is 1. The van der Waals surface area contributed by atoms with Gasteiger partial charge in [0.2, 0.25) is 5.91 Å². The first-order valence-electron chi connectivity index (χ1n) is 8.06. The fraction of sp³-hybridized carbons (Fsp3) is 0.222. The molecule has 1 amide bonds. The molecule has 0 atom stereocenters. The van der Waals surface area contributed by atoms with Crippen molar-refractivity contribution < 1.29 is 13.2 Å². The summed E-state index contributed by atoms with van der Waals surface area (Å²) in [6.45, 7) is 5.37. The number of hydrogen-bond acceptors (Lipinski definition) is 5. The summed E-state index contributed by atoms with van der Waals surface area (Å²) in [7, 11) is -3.68. The molecule has 8 heteroatoms. The molecule has 2 aromatic carbocycles. The third kappa shape index (κ3) is 3.86. The van der Waals surface area contributed by atoms with Gasteiger partial charge in [-0.25, -0.2) is 13.4 Å². The van der Waals surface area contributed by atoms with E-state index >= 15 is 0 Å². The summed E-state index contributed by atoms with van der Waals surface area (Å²) in [4.78, 5) is 16.4. The molecule has 0 spiro atoms. The minimum Gasteiger partial charge on any atom is -0.302 e. The number of aromatic nitrogens is 1. The molecular formula is C18H19N3O3S2. The summed E-state index contributed by atoms with van der Waals surface area (Å²) in [5.41, 5.74) is 1.72. The Hall–Kier alpha value is -2.45. The first-order valence-corrected chi connectivity index (χ1v) is 10.4. The predicted octanol–water partition coefficient (Wildman–Crippen LogP) is 4.00. The van der Waals surface area contributed by atoms with E-state index in [4.69, 9.17) is 0 Å². The van der Waals surface area contributed by atoms with Gasteiger partial charge in [-0.1, -0.05) is 43.4 Å². The molecule has 136 valence electrons. The lowest BCUT2D eigenvalue weighted by molar-refractivity contribution is -0.118. The highest BCUT2D eigenvalue weighted by molar-refractivity contribution is 7.92.